The average molecular weight is 275 g/mol. The molecule has 0 atom stereocenters. The lowest BCUT2D eigenvalue weighted by molar-refractivity contribution is -0.00866. The van der Waals surface area contributed by atoms with E-state index in [0.29, 0.717) is 6.10 Å². The van der Waals surface area contributed by atoms with Crippen LogP contribution in [0.1, 0.15) is 24.8 Å². The van der Waals surface area contributed by atoms with Gasteiger partial charge in [-0.25, -0.2) is 0 Å². The molecule has 0 radical (unpaired) electrons. The van der Waals surface area contributed by atoms with E-state index in [1.54, 1.807) is 0 Å². The highest BCUT2D eigenvalue weighted by molar-refractivity contribution is 5.15. The van der Waals surface area contributed by atoms with E-state index in [4.69, 9.17) is 4.74 Å². The number of aromatic nitrogens is 1. The summed E-state index contributed by atoms with van der Waals surface area (Å²) in [5.74, 6) is 0.181. The van der Waals surface area contributed by atoms with Crippen LogP contribution in [0.25, 0.3) is 0 Å². The van der Waals surface area contributed by atoms with E-state index in [9.17, 15) is 4.53 Å². The highest BCUT2D eigenvalue weighted by Crippen LogP contribution is 2.22. The SMILES string of the molecule is FOc1ccncc1.c1ccc(COC2CCC2)cc1. The Bertz CT molecular complexity index is 474. The van der Waals surface area contributed by atoms with Crippen LogP contribution in [0.4, 0.5) is 4.53 Å². The molecule has 20 heavy (non-hydrogen) atoms. The van der Waals surface area contributed by atoms with Gasteiger partial charge in [-0.1, -0.05) is 30.3 Å². The molecule has 0 spiro atoms. The number of hydrogen-bond donors (Lipinski definition) is 0. The van der Waals surface area contributed by atoms with Crippen molar-refractivity contribution in [3.63, 3.8) is 0 Å². The third-order valence-corrected chi connectivity index (χ3v) is 3.12. The van der Waals surface area contributed by atoms with Crippen LogP contribution in [-0.4, -0.2) is 11.1 Å². The van der Waals surface area contributed by atoms with Crippen molar-refractivity contribution in [2.24, 2.45) is 0 Å². The van der Waals surface area contributed by atoms with Crippen LogP contribution in [-0.2, 0) is 11.3 Å². The smallest absolute Gasteiger partial charge is 0.174 e. The Kier molecular flexibility index (Phi) is 5.99. The highest BCUT2D eigenvalue weighted by atomic mass is 19.3. The van der Waals surface area contributed by atoms with Crippen molar-refractivity contribution >= 4 is 0 Å². The van der Waals surface area contributed by atoms with E-state index in [-0.39, 0.29) is 5.75 Å². The van der Waals surface area contributed by atoms with Gasteiger partial charge in [0.15, 0.2) is 5.75 Å². The van der Waals surface area contributed by atoms with Gasteiger partial charge in [-0.2, -0.15) is 0 Å². The summed E-state index contributed by atoms with van der Waals surface area (Å²) in [5.41, 5.74) is 1.28. The van der Waals surface area contributed by atoms with Crippen molar-refractivity contribution in [1.29, 1.82) is 0 Å². The van der Waals surface area contributed by atoms with Crippen LogP contribution < -0.4 is 4.94 Å². The summed E-state index contributed by atoms with van der Waals surface area (Å²) >= 11 is 0. The Hall–Kier alpha value is -1.94. The Balaban J connectivity index is 0.000000160. The monoisotopic (exact) mass is 275 g/mol. The maximum absolute atomic E-state index is 11.2. The molecule has 4 heteroatoms. The largest absolute Gasteiger partial charge is 0.374 e. The number of nitrogens with zero attached hydrogens (tertiary/aromatic N) is 1. The summed E-state index contributed by atoms with van der Waals surface area (Å²) in [4.78, 5) is 7.02. The van der Waals surface area contributed by atoms with Gasteiger partial charge in [-0.05, 0) is 24.8 Å². The molecule has 0 aliphatic heterocycles. The van der Waals surface area contributed by atoms with E-state index < -0.39 is 0 Å². The second kappa shape index (κ2) is 8.27. The zero-order valence-corrected chi connectivity index (χ0v) is 11.2. The number of halogens is 1. The van der Waals surface area contributed by atoms with Gasteiger partial charge >= 0.3 is 0 Å². The molecule has 106 valence electrons. The van der Waals surface area contributed by atoms with E-state index in [2.05, 4.69) is 34.2 Å². The molecule has 1 aliphatic rings. The highest BCUT2D eigenvalue weighted by Gasteiger charge is 2.17. The number of ether oxygens (including phenoxy) is 1. The minimum atomic E-state index is 0.181. The van der Waals surface area contributed by atoms with Gasteiger partial charge in [-0.15, -0.1) is 0 Å². The molecule has 3 rings (SSSR count). The molecule has 0 bridgehead atoms. The first kappa shape index (κ1) is 14.5. The van der Waals surface area contributed by atoms with Crippen molar-refractivity contribution < 1.29 is 14.2 Å². The summed E-state index contributed by atoms with van der Waals surface area (Å²) < 4.78 is 16.9. The first-order valence-electron chi connectivity index (χ1n) is 6.72. The van der Waals surface area contributed by atoms with Gasteiger partial charge in [0.25, 0.3) is 0 Å². The molecule has 1 fully saturated rings. The lowest BCUT2D eigenvalue weighted by Crippen LogP contribution is -2.21. The van der Waals surface area contributed by atoms with Crippen LogP contribution in [0, 0.1) is 0 Å². The predicted octanol–water partition coefficient (Wildman–Crippen LogP) is 4.10. The van der Waals surface area contributed by atoms with E-state index in [1.807, 2.05) is 6.07 Å². The molecule has 3 nitrogen and oxygen atoms in total. The molecular weight excluding hydrogens is 257 g/mol. The average Bonchev–Trinajstić information content (AvgIpc) is 2.48. The van der Waals surface area contributed by atoms with Crippen molar-refractivity contribution in [2.45, 2.75) is 32.0 Å². The minimum absolute atomic E-state index is 0.181. The lowest BCUT2D eigenvalue weighted by Gasteiger charge is -2.25. The van der Waals surface area contributed by atoms with Crippen molar-refractivity contribution in [3.05, 3.63) is 60.4 Å². The Labute approximate surface area is 118 Å². The summed E-state index contributed by atoms with van der Waals surface area (Å²) in [6.45, 7) is 0.783. The maximum atomic E-state index is 11.2. The molecule has 1 heterocycles. The molecule has 0 unspecified atom stereocenters. The summed E-state index contributed by atoms with van der Waals surface area (Å²) in [7, 11) is 0. The first-order chi connectivity index (χ1) is 9.88. The molecule has 1 aliphatic carbocycles. The zero-order valence-electron chi connectivity index (χ0n) is 11.2. The van der Waals surface area contributed by atoms with E-state index >= 15 is 0 Å². The summed E-state index contributed by atoms with van der Waals surface area (Å²) in [5, 5.41) is 0. The van der Waals surface area contributed by atoms with Gasteiger partial charge in [0, 0.05) is 29.1 Å². The summed E-state index contributed by atoms with van der Waals surface area (Å²) in [6.07, 6.45) is 7.31. The fourth-order valence-corrected chi connectivity index (χ4v) is 1.72. The topological polar surface area (TPSA) is 31.4 Å². The van der Waals surface area contributed by atoms with E-state index in [1.165, 1.54) is 49.4 Å². The van der Waals surface area contributed by atoms with Crippen LogP contribution in [0.5, 0.6) is 5.75 Å². The quantitative estimate of drug-likeness (QED) is 0.841. The number of hydrogen-bond acceptors (Lipinski definition) is 3. The Morgan fingerprint density at radius 1 is 1.05 bits per heavy atom. The molecule has 0 amide bonds. The first-order valence-corrected chi connectivity index (χ1v) is 6.72. The summed E-state index contributed by atoms with van der Waals surface area (Å²) in [6, 6.07) is 13.2. The van der Waals surface area contributed by atoms with Crippen LogP contribution >= 0.6 is 0 Å². The van der Waals surface area contributed by atoms with Crippen LogP contribution in [0.2, 0.25) is 0 Å². The van der Waals surface area contributed by atoms with E-state index in [0.717, 1.165) is 6.61 Å². The van der Waals surface area contributed by atoms with Gasteiger partial charge in [0.1, 0.15) is 0 Å². The van der Waals surface area contributed by atoms with Gasteiger partial charge in [-0.3, -0.25) is 9.93 Å². The molecular formula is C16H18FNO2. The third kappa shape index (κ3) is 4.97. The fraction of sp³-hybridized carbons (Fsp3) is 0.312. The second-order valence-corrected chi connectivity index (χ2v) is 4.61. The second-order valence-electron chi connectivity index (χ2n) is 4.61. The van der Waals surface area contributed by atoms with Gasteiger partial charge in [0.2, 0.25) is 0 Å². The van der Waals surface area contributed by atoms with Crippen LogP contribution in [0.15, 0.2) is 54.9 Å². The van der Waals surface area contributed by atoms with Crippen LogP contribution in [0.3, 0.4) is 0 Å². The maximum Gasteiger partial charge on any atom is 0.174 e. The molecule has 1 saturated carbocycles. The molecule has 0 N–H and O–H groups in total. The lowest BCUT2D eigenvalue weighted by atomic mass is 9.96. The number of benzene rings is 1. The predicted molar refractivity (Wildman–Crippen MR) is 74.8 cm³/mol. The number of rotatable bonds is 4. The molecule has 1 aromatic heterocycles. The molecule has 0 saturated heterocycles. The van der Waals surface area contributed by atoms with Crippen molar-refractivity contribution in [3.8, 4) is 5.75 Å². The molecule has 1 aromatic carbocycles. The Morgan fingerprint density at radius 2 is 1.75 bits per heavy atom. The Morgan fingerprint density at radius 3 is 2.25 bits per heavy atom. The fourth-order valence-electron chi connectivity index (χ4n) is 1.72. The zero-order chi connectivity index (χ0) is 14.0. The third-order valence-electron chi connectivity index (χ3n) is 3.12. The number of pyridine rings is 1. The minimum Gasteiger partial charge on any atom is -0.374 e. The standard InChI is InChI=1S/C11H14O.C5H4FNO/c1-2-5-10(6-3-1)9-12-11-7-4-8-11;6-8-5-1-3-7-4-2-5/h1-3,5-6,11H,4,7-9H2;1-4H. The van der Waals surface area contributed by atoms with Crippen molar-refractivity contribution in [1.82, 2.24) is 4.98 Å². The molecule has 2 aromatic rings. The normalized spacial score (nSPS) is 13.8. The van der Waals surface area contributed by atoms with Gasteiger partial charge in [0.05, 0.1) is 12.7 Å². The van der Waals surface area contributed by atoms with Crippen molar-refractivity contribution in [2.75, 3.05) is 0 Å². The van der Waals surface area contributed by atoms with Gasteiger partial charge < -0.3 is 4.74 Å².